The highest BCUT2D eigenvalue weighted by Gasteiger charge is 2.21. The zero-order valence-electron chi connectivity index (χ0n) is 14.2. The predicted molar refractivity (Wildman–Crippen MR) is 96.6 cm³/mol. The van der Waals surface area contributed by atoms with Crippen molar-refractivity contribution < 1.29 is 4.74 Å². The van der Waals surface area contributed by atoms with Gasteiger partial charge in [-0.3, -0.25) is 14.7 Å². The molecule has 7 nitrogen and oxygen atoms in total. The fourth-order valence-corrected chi connectivity index (χ4v) is 3.53. The first-order chi connectivity index (χ1) is 12.2. The number of nitrogen functional groups attached to an aromatic ring is 1. The van der Waals surface area contributed by atoms with E-state index >= 15 is 0 Å². The Balaban J connectivity index is 1.43. The number of aromatic amines is 1. The quantitative estimate of drug-likeness (QED) is 0.856. The molecule has 3 N–H and O–H groups in total. The van der Waals surface area contributed by atoms with Crippen molar-refractivity contribution in [3.8, 4) is 0 Å². The molecule has 3 heterocycles. The van der Waals surface area contributed by atoms with E-state index in [1.165, 1.54) is 11.3 Å². The number of nitrogens with zero attached hydrogens (tertiary/aromatic N) is 3. The second kappa shape index (κ2) is 6.85. The molecule has 1 saturated heterocycles. The van der Waals surface area contributed by atoms with Gasteiger partial charge in [0.15, 0.2) is 0 Å². The van der Waals surface area contributed by atoms with Crippen molar-refractivity contribution in [3.63, 3.8) is 0 Å². The van der Waals surface area contributed by atoms with Crippen LogP contribution in [0.3, 0.4) is 0 Å². The first-order valence-corrected chi connectivity index (χ1v) is 8.70. The van der Waals surface area contributed by atoms with Crippen molar-refractivity contribution in [3.05, 3.63) is 51.4 Å². The number of anilines is 2. The van der Waals surface area contributed by atoms with E-state index in [1.807, 2.05) is 0 Å². The summed E-state index contributed by atoms with van der Waals surface area (Å²) in [6.45, 7) is 5.80. The van der Waals surface area contributed by atoms with Crippen LogP contribution in [0.1, 0.15) is 16.8 Å². The molecule has 1 aromatic heterocycles. The summed E-state index contributed by atoms with van der Waals surface area (Å²) in [7, 11) is 0. The molecule has 4 rings (SSSR count). The lowest BCUT2D eigenvalue weighted by Crippen LogP contribution is -2.36. The summed E-state index contributed by atoms with van der Waals surface area (Å²) >= 11 is 0. The van der Waals surface area contributed by atoms with E-state index in [-0.39, 0.29) is 11.5 Å². The Hall–Kier alpha value is -2.38. The fraction of sp³-hybridized carbons (Fsp3) is 0.444. The van der Waals surface area contributed by atoms with Crippen LogP contribution in [0.4, 0.5) is 11.6 Å². The van der Waals surface area contributed by atoms with E-state index < -0.39 is 0 Å². The Labute approximate surface area is 146 Å². The second-order valence-electron chi connectivity index (χ2n) is 6.60. The maximum Gasteiger partial charge on any atom is 0.257 e. The normalized spacial score (nSPS) is 18.2. The number of fused-ring (bicyclic) bond motifs is 1. The van der Waals surface area contributed by atoms with E-state index in [0.717, 1.165) is 57.1 Å². The molecule has 0 amide bonds. The highest BCUT2D eigenvalue weighted by molar-refractivity contribution is 5.48. The van der Waals surface area contributed by atoms with Crippen molar-refractivity contribution >= 4 is 11.6 Å². The van der Waals surface area contributed by atoms with Crippen molar-refractivity contribution in [2.24, 2.45) is 0 Å². The van der Waals surface area contributed by atoms with E-state index in [4.69, 9.17) is 10.5 Å². The number of nitrogens with two attached hydrogens (primary N) is 1. The molecule has 25 heavy (non-hydrogen) atoms. The number of aromatic nitrogens is 2. The molecule has 7 heteroatoms. The van der Waals surface area contributed by atoms with Crippen LogP contribution in [0.5, 0.6) is 0 Å². The van der Waals surface area contributed by atoms with Gasteiger partial charge in [-0.2, -0.15) is 0 Å². The molecule has 2 aliphatic heterocycles. The highest BCUT2D eigenvalue weighted by Crippen LogP contribution is 2.20. The molecule has 0 atom stereocenters. The fourth-order valence-electron chi connectivity index (χ4n) is 3.53. The van der Waals surface area contributed by atoms with Crippen LogP contribution < -0.4 is 16.2 Å². The van der Waals surface area contributed by atoms with Gasteiger partial charge in [0, 0.05) is 44.8 Å². The van der Waals surface area contributed by atoms with E-state index in [0.29, 0.717) is 6.54 Å². The lowest BCUT2D eigenvalue weighted by molar-refractivity contribution is 0.122. The minimum atomic E-state index is -0.116. The number of ether oxygens (including phenoxy) is 1. The molecule has 1 aromatic carbocycles. The lowest BCUT2D eigenvalue weighted by atomic mass is 10.1. The summed E-state index contributed by atoms with van der Waals surface area (Å²) in [5.74, 6) is 0.205. The third-order valence-electron chi connectivity index (χ3n) is 4.88. The number of morpholine rings is 1. The predicted octanol–water partition coefficient (Wildman–Crippen LogP) is 0.747. The summed E-state index contributed by atoms with van der Waals surface area (Å²) in [6, 6.07) is 8.69. The maximum absolute atomic E-state index is 12.1. The van der Waals surface area contributed by atoms with Gasteiger partial charge in [-0.25, -0.2) is 4.98 Å². The minimum absolute atomic E-state index is 0.116. The molecule has 132 valence electrons. The van der Waals surface area contributed by atoms with Crippen LogP contribution in [-0.2, 0) is 24.2 Å². The number of rotatable bonds is 3. The second-order valence-corrected chi connectivity index (χ2v) is 6.60. The molecular weight excluding hydrogens is 318 g/mol. The SMILES string of the molecule is Nc1nc2c(c(=O)[nH]1)CN(Cc1ccc(N3CCOCC3)cc1)CC2. The van der Waals surface area contributed by atoms with Crippen LogP contribution in [-0.4, -0.2) is 47.7 Å². The molecule has 2 aromatic rings. The first kappa shape index (κ1) is 16.1. The average molecular weight is 341 g/mol. The van der Waals surface area contributed by atoms with Gasteiger partial charge in [0.25, 0.3) is 5.56 Å². The van der Waals surface area contributed by atoms with E-state index in [2.05, 4.69) is 44.0 Å². The first-order valence-electron chi connectivity index (χ1n) is 8.70. The number of H-pyrrole nitrogens is 1. The van der Waals surface area contributed by atoms with Gasteiger partial charge >= 0.3 is 0 Å². The summed E-state index contributed by atoms with van der Waals surface area (Å²) in [6.07, 6.45) is 0.759. The van der Waals surface area contributed by atoms with Crippen LogP contribution >= 0.6 is 0 Å². The van der Waals surface area contributed by atoms with E-state index in [9.17, 15) is 4.79 Å². The van der Waals surface area contributed by atoms with Gasteiger partial charge in [0.2, 0.25) is 5.95 Å². The summed E-state index contributed by atoms with van der Waals surface area (Å²) in [5, 5.41) is 0. The third kappa shape index (κ3) is 3.52. The smallest absolute Gasteiger partial charge is 0.257 e. The Morgan fingerprint density at radius 1 is 1.16 bits per heavy atom. The van der Waals surface area contributed by atoms with Gasteiger partial charge in [-0.1, -0.05) is 12.1 Å². The number of hydrogen-bond acceptors (Lipinski definition) is 6. The summed E-state index contributed by atoms with van der Waals surface area (Å²) in [4.78, 5) is 23.6. The minimum Gasteiger partial charge on any atom is -0.378 e. The molecule has 0 aliphatic carbocycles. The van der Waals surface area contributed by atoms with Gasteiger partial charge in [-0.15, -0.1) is 0 Å². The molecule has 0 spiro atoms. The van der Waals surface area contributed by atoms with Crippen LogP contribution in [0.25, 0.3) is 0 Å². The number of hydrogen-bond donors (Lipinski definition) is 2. The van der Waals surface area contributed by atoms with Crippen LogP contribution in [0.2, 0.25) is 0 Å². The zero-order valence-corrected chi connectivity index (χ0v) is 14.2. The van der Waals surface area contributed by atoms with Crippen molar-refractivity contribution in [1.82, 2.24) is 14.9 Å². The van der Waals surface area contributed by atoms with E-state index in [1.54, 1.807) is 0 Å². The van der Waals surface area contributed by atoms with Crippen LogP contribution in [0, 0.1) is 0 Å². The molecule has 0 bridgehead atoms. The van der Waals surface area contributed by atoms with Gasteiger partial charge in [-0.05, 0) is 17.7 Å². The highest BCUT2D eigenvalue weighted by atomic mass is 16.5. The molecule has 0 radical (unpaired) electrons. The number of benzene rings is 1. The summed E-state index contributed by atoms with van der Waals surface area (Å²) in [5.41, 5.74) is 9.58. The largest absolute Gasteiger partial charge is 0.378 e. The lowest BCUT2D eigenvalue weighted by Gasteiger charge is -2.29. The molecule has 1 fully saturated rings. The van der Waals surface area contributed by atoms with Crippen molar-refractivity contribution in [2.75, 3.05) is 43.5 Å². The monoisotopic (exact) mass is 341 g/mol. The number of nitrogens with one attached hydrogen (secondary N) is 1. The molecule has 0 unspecified atom stereocenters. The molecule has 0 saturated carbocycles. The maximum atomic E-state index is 12.1. The molecular formula is C18H23N5O2. The van der Waals surface area contributed by atoms with Gasteiger partial charge < -0.3 is 15.4 Å². The van der Waals surface area contributed by atoms with Gasteiger partial charge in [0.1, 0.15) is 0 Å². The third-order valence-corrected chi connectivity index (χ3v) is 4.88. The Kier molecular flexibility index (Phi) is 4.42. The Morgan fingerprint density at radius 3 is 2.68 bits per heavy atom. The van der Waals surface area contributed by atoms with Gasteiger partial charge in [0.05, 0.1) is 24.5 Å². The standard InChI is InChI=1S/C18H23N5O2/c19-18-20-16-5-6-22(12-15(16)17(24)21-18)11-13-1-3-14(4-2-13)23-7-9-25-10-8-23/h1-4H,5-12H2,(H3,19,20,21,24). The topological polar surface area (TPSA) is 87.5 Å². The Bertz CT molecular complexity index is 796. The average Bonchev–Trinajstić information content (AvgIpc) is 2.63. The molecule has 2 aliphatic rings. The van der Waals surface area contributed by atoms with Crippen molar-refractivity contribution in [2.45, 2.75) is 19.5 Å². The van der Waals surface area contributed by atoms with Crippen molar-refractivity contribution in [1.29, 1.82) is 0 Å². The Morgan fingerprint density at radius 2 is 1.92 bits per heavy atom. The van der Waals surface area contributed by atoms with Crippen LogP contribution in [0.15, 0.2) is 29.1 Å². The summed E-state index contributed by atoms with van der Waals surface area (Å²) < 4.78 is 5.40. The zero-order chi connectivity index (χ0) is 17.2.